The lowest BCUT2D eigenvalue weighted by Gasteiger charge is -2.17. The highest BCUT2D eigenvalue weighted by Crippen LogP contribution is 2.28. The van der Waals surface area contributed by atoms with E-state index in [1.54, 1.807) is 31.2 Å². The molecule has 21 heavy (non-hydrogen) atoms. The molecule has 6 heteroatoms. The van der Waals surface area contributed by atoms with Gasteiger partial charge in [-0.25, -0.2) is 8.78 Å². The molecule has 1 N–H and O–H groups in total. The molecule has 0 fully saturated rings. The van der Waals surface area contributed by atoms with Crippen molar-refractivity contribution in [3.63, 3.8) is 0 Å². The smallest absolute Gasteiger partial charge is 0.288 e. The lowest BCUT2D eigenvalue weighted by Crippen LogP contribution is -2.09. The molecule has 2 aromatic carbocycles. The summed E-state index contributed by atoms with van der Waals surface area (Å²) >= 11 is 0.456. The molecular formula is C15H13F4NS. The fraction of sp³-hybridized carbons (Fsp3) is 0.200. The van der Waals surface area contributed by atoms with Gasteiger partial charge in [-0.2, -0.15) is 8.78 Å². The van der Waals surface area contributed by atoms with Gasteiger partial charge in [0.15, 0.2) is 11.6 Å². The predicted molar refractivity (Wildman–Crippen MR) is 76.7 cm³/mol. The van der Waals surface area contributed by atoms with Gasteiger partial charge in [-0.3, -0.25) is 0 Å². The molecule has 1 nitrogen and oxygen atoms in total. The van der Waals surface area contributed by atoms with Crippen LogP contribution in [0.5, 0.6) is 0 Å². The van der Waals surface area contributed by atoms with Gasteiger partial charge in [0.05, 0.1) is 6.04 Å². The maximum absolute atomic E-state index is 13.7. The molecule has 0 aromatic heterocycles. The summed E-state index contributed by atoms with van der Waals surface area (Å²) in [5.74, 6) is -4.25. The maximum atomic E-state index is 13.7. The quantitative estimate of drug-likeness (QED) is 0.581. The minimum absolute atomic E-state index is 0.209. The van der Waals surface area contributed by atoms with Crippen molar-refractivity contribution in [3.05, 3.63) is 59.7 Å². The Balaban J connectivity index is 2.09. The zero-order valence-corrected chi connectivity index (χ0v) is 11.9. The normalized spacial score (nSPS) is 12.5. The molecule has 0 amide bonds. The second kappa shape index (κ2) is 6.85. The van der Waals surface area contributed by atoms with Gasteiger partial charge >= 0.3 is 0 Å². The number of alkyl halides is 2. The summed E-state index contributed by atoms with van der Waals surface area (Å²) in [5.41, 5.74) is 0.853. The summed E-state index contributed by atoms with van der Waals surface area (Å²) in [4.78, 5) is 0.445. The van der Waals surface area contributed by atoms with Crippen molar-refractivity contribution in [1.29, 1.82) is 0 Å². The number of rotatable bonds is 5. The molecule has 0 aliphatic carbocycles. The van der Waals surface area contributed by atoms with E-state index in [1.165, 1.54) is 12.1 Å². The summed E-state index contributed by atoms with van der Waals surface area (Å²) in [6, 6.07) is 9.89. The standard InChI is InChI=1S/C15H13F4NS/c1-9(12-3-2-4-13(16)14(12)17)20-10-5-7-11(8-6-10)21-15(18)19/h2-9,15,20H,1H3. The van der Waals surface area contributed by atoms with Crippen molar-refractivity contribution in [3.8, 4) is 0 Å². The fourth-order valence-electron chi connectivity index (χ4n) is 1.92. The Labute approximate surface area is 124 Å². The largest absolute Gasteiger partial charge is 0.378 e. The van der Waals surface area contributed by atoms with E-state index in [0.717, 1.165) is 6.07 Å². The van der Waals surface area contributed by atoms with Crippen LogP contribution >= 0.6 is 11.8 Å². The summed E-state index contributed by atoms with van der Waals surface area (Å²) in [6.07, 6.45) is 0. The Bertz CT molecular complexity index is 601. The van der Waals surface area contributed by atoms with Crippen molar-refractivity contribution in [2.75, 3.05) is 5.32 Å². The van der Waals surface area contributed by atoms with E-state index < -0.39 is 23.4 Å². The molecule has 0 bridgehead atoms. The number of anilines is 1. The van der Waals surface area contributed by atoms with Crippen LogP contribution in [0, 0.1) is 11.6 Å². The van der Waals surface area contributed by atoms with Crippen molar-refractivity contribution in [2.24, 2.45) is 0 Å². The second-order valence-corrected chi connectivity index (χ2v) is 5.48. The number of halogens is 4. The average Bonchev–Trinajstić information content (AvgIpc) is 2.43. The molecule has 0 heterocycles. The van der Waals surface area contributed by atoms with Crippen molar-refractivity contribution in [2.45, 2.75) is 23.6 Å². The summed E-state index contributed by atoms with van der Waals surface area (Å²) < 4.78 is 51.2. The van der Waals surface area contributed by atoms with Crippen LogP contribution in [-0.2, 0) is 0 Å². The Morgan fingerprint density at radius 3 is 2.29 bits per heavy atom. The monoisotopic (exact) mass is 315 g/mol. The first kappa shape index (κ1) is 15.7. The van der Waals surface area contributed by atoms with Gasteiger partial charge in [-0.05, 0) is 37.3 Å². The van der Waals surface area contributed by atoms with E-state index >= 15 is 0 Å². The van der Waals surface area contributed by atoms with E-state index in [-0.39, 0.29) is 5.56 Å². The molecule has 0 aliphatic heterocycles. The molecule has 0 aliphatic rings. The van der Waals surface area contributed by atoms with Crippen LogP contribution < -0.4 is 5.32 Å². The van der Waals surface area contributed by atoms with Crippen LogP contribution in [-0.4, -0.2) is 5.76 Å². The third-order valence-corrected chi connectivity index (χ3v) is 3.63. The molecule has 0 radical (unpaired) electrons. The van der Waals surface area contributed by atoms with Gasteiger partial charge < -0.3 is 5.32 Å². The Kier molecular flexibility index (Phi) is 5.12. The van der Waals surface area contributed by atoms with Gasteiger partial charge in [0.25, 0.3) is 5.76 Å². The highest BCUT2D eigenvalue weighted by Gasteiger charge is 2.14. The number of thioether (sulfide) groups is 1. The van der Waals surface area contributed by atoms with Crippen LogP contribution in [0.4, 0.5) is 23.2 Å². The molecule has 0 saturated heterocycles. The zero-order chi connectivity index (χ0) is 15.4. The van der Waals surface area contributed by atoms with Gasteiger partial charge in [-0.15, -0.1) is 0 Å². The zero-order valence-electron chi connectivity index (χ0n) is 11.1. The third-order valence-electron chi connectivity index (χ3n) is 2.91. The summed E-state index contributed by atoms with van der Waals surface area (Å²) in [6.45, 7) is 1.69. The molecule has 2 aromatic rings. The van der Waals surface area contributed by atoms with Gasteiger partial charge in [0.2, 0.25) is 0 Å². The highest BCUT2D eigenvalue weighted by atomic mass is 32.2. The SMILES string of the molecule is CC(Nc1ccc(SC(F)F)cc1)c1cccc(F)c1F. The minimum Gasteiger partial charge on any atom is -0.378 e. The summed E-state index contributed by atoms with van der Waals surface area (Å²) in [7, 11) is 0. The van der Waals surface area contributed by atoms with Crippen molar-refractivity contribution >= 4 is 17.4 Å². The number of hydrogen-bond acceptors (Lipinski definition) is 2. The Hall–Kier alpha value is -1.69. The van der Waals surface area contributed by atoms with Crippen LogP contribution in [0.2, 0.25) is 0 Å². The van der Waals surface area contributed by atoms with Gasteiger partial charge in [0.1, 0.15) is 0 Å². The third kappa shape index (κ3) is 4.14. The molecule has 1 unspecified atom stereocenters. The topological polar surface area (TPSA) is 12.0 Å². The van der Waals surface area contributed by atoms with E-state index in [2.05, 4.69) is 5.32 Å². The first-order valence-electron chi connectivity index (χ1n) is 6.22. The van der Waals surface area contributed by atoms with Gasteiger partial charge in [0, 0.05) is 16.1 Å². The van der Waals surface area contributed by atoms with Crippen LogP contribution in [0.3, 0.4) is 0 Å². The van der Waals surface area contributed by atoms with E-state index in [9.17, 15) is 17.6 Å². The first-order valence-corrected chi connectivity index (χ1v) is 7.10. The summed E-state index contributed by atoms with van der Waals surface area (Å²) in [5, 5.41) is 3.00. The van der Waals surface area contributed by atoms with E-state index in [0.29, 0.717) is 22.3 Å². The van der Waals surface area contributed by atoms with Crippen LogP contribution in [0.1, 0.15) is 18.5 Å². The second-order valence-electron chi connectivity index (χ2n) is 4.41. The molecule has 1 atom stereocenters. The van der Waals surface area contributed by atoms with Crippen LogP contribution in [0.25, 0.3) is 0 Å². The molecular weight excluding hydrogens is 302 g/mol. The van der Waals surface area contributed by atoms with Crippen molar-refractivity contribution in [1.82, 2.24) is 0 Å². The Morgan fingerprint density at radius 1 is 1.00 bits per heavy atom. The predicted octanol–water partition coefficient (Wildman–Crippen LogP) is 5.45. The average molecular weight is 315 g/mol. The van der Waals surface area contributed by atoms with E-state index in [1.807, 2.05) is 0 Å². The number of nitrogens with one attached hydrogen (secondary N) is 1. The van der Waals surface area contributed by atoms with Gasteiger partial charge in [-0.1, -0.05) is 23.9 Å². The molecule has 0 saturated carbocycles. The first-order chi connectivity index (χ1) is 9.97. The molecule has 2 rings (SSSR count). The highest BCUT2D eigenvalue weighted by molar-refractivity contribution is 7.99. The lowest BCUT2D eigenvalue weighted by atomic mass is 10.1. The van der Waals surface area contributed by atoms with E-state index in [4.69, 9.17) is 0 Å². The van der Waals surface area contributed by atoms with Crippen LogP contribution in [0.15, 0.2) is 47.4 Å². The van der Waals surface area contributed by atoms with Crippen molar-refractivity contribution < 1.29 is 17.6 Å². The maximum Gasteiger partial charge on any atom is 0.288 e. The number of hydrogen-bond donors (Lipinski definition) is 1. The minimum atomic E-state index is -2.47. The Morgan fingerprint density at radius 2 is 1.67 bits per heavy atom. The fourth-order valence-corrected chi connectivity index (χ4v) is 2.41. The number of benzene rings is 2. The molecule has 0 spiro atoms. The molecule has 112 valence electrons. The lowest BCUT2D eigenvalue weighted by molar-refractivity contribution is 0.252.